The van der Waals surface area contributed by atoms with Gasteiger partial charge in [0, 0.05) is 19.3 Å². The number of aliphatic hydroxyl groups excluding tert-OH is 1. The Kier molecular flexibility index (Phi) is 73.7. The highest BCUT2D eigenvalue weighted by molar-refractivity contribution is 7.47. The van der Waals surface area contributed by atoms with Crippen LogP contribution >= 0.6 is 15.6 Å². The van der Waals surface area contributed by atoms with Gasteiger partial charge < -0.3 is 33.8 Å². The van der Waals surface area contributed by atoms with E-state index >= 15 is 0 Å². The summed E-state index contributed by atoms with van der Waals surface area (Å²) < 4.78 is 68.6. The summed E-state index contributed by atoms with van der Waals surface area (Å²) in [7, 11) is -9.98. The van der Waals surface area contributed by atoms with Gasteiger partial charge in [0.05, 0.1) is 32.8 Å². The minimum absolute atomic E-state index is 0.0687. The molecular formula is C85H148O17P2. The highest BCUT2D eigenvalue weighted by Gasteiger charge is 2.30. The molecule has 0 saturated heterocycles. The van der Waals surface area contributed by atoms with E-state index in [0.717, 1.165) is 141 Å². The Hall–Kier alpha value is -4.28. The van der Waals surface area contributed by atoms with Crippen LogP contribution in [0.25, 0.3) is 0 Å². The molecule has 0 aromatic carbocycles. The van der Waals surface area contributed by atoms with Crippen molar-refractivity contribution in [1.29, 1.82) is 0 Å². The fourth-order valence-electron chi connectivity index (χ4n) is 11.1. The van der Waals surface area contributed by atoms with Crippen LogP contribution in [-0.4, -0.2) is 96.7 Å². The molecule has 19 heteroatoms. The lowest BCUT2D eigenvalue weighted by Crippen LogP contribution is -2.30. The Morgan fingerprint density at radius 2 is 0.538 bits per heavy atom. The number of esters is 4. The highest BCUT2D eigenvalue weighted by atomic mass is 31.2. The smallest absolute Gasteiger partial charge is 0.462 e. The zero-order valence-corrected chi connectivity index (χ0v) is 67.5. The van der Waals surface area contributed by atoms with Gasteiger partial charge in [0.2, 0.25) is 0 Å². The second-order valence-electron chi connectivity index (χ2n) is 27.3. The second kappa shape index (κ2) is 76.9. The summed E-state index contributed by atoms with van der Waals surface area (Å²) in [6, 6.07) is 0. The first kappa shape index (κ1) is 99.7. The normalized spacial score (nSPS) is 14.4. The lowest BCUT2D eigenvalue weighted by Gasteiger charge is -2.21. The number of allylic oxidation sites excluding steroid dienone is 17. The fourth-order valence-corrected chi connectivity index (χ4v) is 12.7. The molecule has 0 saturated carbocycles. The van der Waals surface area contributed by atoms with Crippen molar-refractivity contribution in [3.63, 3.8) is 0 Å². The van der Waals surface area contributed by atoms with Gasteiger partial charge in [-0.3, -0.25) is 37.3 Å². The van der Waals surface area contributed by atoms with Crippen LogP contribution in [0, 0.1) is 0 Å². The van der Waals surface area contributed by atoms with Crippen LogP contribution < -0.4 is 0 Å². The van der Waals surface area contributed by atoms with Gasteiger partial charge in [-0.2, -0.15) is 0 Å². The first-order valence-electron chi connectivity index (χ1n) is 41.1. The van der Waals surface area contributed by atoms with Crippen molar-refractivity contribution in [2.75, 3.05) is 39.6 Å². The number of hydrogen-bond acceptors (Lipinski definition) is 15. The van der Waals surface area contributed by atoms with Crippen LogP contribution in [0.15, 0.2) is 109 Å². The number of carbonyl (C=O) groups excluding carboxylic acids is 4. The summed E-state index contributed by atoms with van der Waals surface area (Å²) >= 11 is 0. The van der Waals surface area contributed by atoms with Gasteiger partial charge in [0.1, 0.15) is 19.3 Å². The van der Waals surface area contributed by atoms with Crippen LogP contribution in [0.2, 0.25) is 0 Å². The second-order valence-corrected chi connectivity index (χ2v) is 30.2. The van der Waals surface area contributed by atoms with Crippen molar-refractivity contribution < 1.29 is 80.2 Å². The maximum absolute atomic E-state index is 13.1. The van der Waals surface area contributed by atoms with Gasteiger partial charge in [-0.1, -0.05) is 343 Å². The molecule has 0 aliphatic rings. The first-order valence-corrected chi connectivity index (χ1v) is 44.1. The lowest BCUT2D eigenvalue weighted by molar-refractivity contribution is -0.161. The molecule has 0 aromatic heterocycles. The molecule has 0 aliphatic carbocycles. The average Bonchev–Trinajstić information content (AvgIpc) is 0.912. The molecule has 5 unspecified atom stereocenters. The molecule has 0 bridgehead atoms. The van der Waals surface area contributed by atoms with Crippen molar-refractivity contribution in [2.24, 2.45) is 0 Å². The van der Waals surface area contributed by atoms with E-state index in [1.807, 2.05) is 18.2 Å². The largest absolute Gasteiger partial charge is 0.472 e. The number of rotatable bonds is 77. The number of phosphoric acid groups is 2. The van der Waals surface area contributed by atoms with Crippen molar-refractivity contribution >= 4 is 39.5 Å². The van der Waals surface area contributed by atoms with Gasteiger partial charge in [0.15, 0.2) is 12.2 Å². The third-order valence-corrected chi connectivity index (χ3v) is 19.2. The number of hydrogen-bond donors (Lipinski definition) is 3. The summed E-state index contributed by atoms with van der Waals surface area (Å²) in [5.74, 6) is -2.31. The van der Waals surface area contributed by atoms with E-state index in [-0.39, 0.29) is 25.7 Å². The highest BCUT2D eigenvalue weighted by Crippen LogP contribution is 2.45. The quantitative estimate of drug-likeness (QED) is 0.0169. The van der Waals surface area contributed by atoms with Crippen molar-refractivity contribution in [1.82, 2.24) is 0 Å². The molecule has 104 heavy (non-hydrogen) atoms. The number of ether oxygens (including phenoxy) is 4. The van der Waals surface area contributed by atoms with Crippen LogP contribution in [0.5, 0.6) is 0 Å². The molecule has 0 fully saturated rings. The topological polar surface area (TPSA) is 237 Å². The molecule has 0 aromatic rings. The lowest BCUT2D eigenvalue weighted by atomic mass is 10.0. The number of unbranched alkanes of at least 4 members (excludes halogenated alkanes) is 34. The van der Waals surface area contributed by atoms with E-state index < -0.39 is 97.5 Å². The average molecular weight is 1500 g/mol. The van der Waals surface area contributed by atoms with E-state index in [9.17, 15) is 43.2 Å². The summed E-state index contributed by atoms with van der Waals surface area (Å²) in [6.07, 6.45) is 83.7. The Bertz CT molecular complexity index is 2390. The fraction of sp³-hybridized carbons (Fsp3) is 0.741. The molecule has 0 aliphatic heterocycles. The van der Waals surface area contributed by atoms with E-state index in [1.165, 1.54) is 128 Å². The standard InChI is InChI=1S/C85H148O17P2/c1-5-9-13-17-21-25-29-33-37-38-39-40-44-46-50-54-58-62-66-70-83(88)96-76-81(102-85(90)72-68-64-60-56-52-48-43-36-32-28-24-20-16-12-8-4)78-100-104(93,94)98-74-79(86)73-97-103(91,92)99-77-80(101-84(89)71-67-63-59-55-51-47-42-35-31-27-23-19-15-11-7-3)75-95-82(87)69-65-61-57-53-49-45-41-34-30-26-22-18-14-10-6-2/h9-10,13-14,21-22,25-26,33-34,37,39-41,49,53,61,65,79-81,86H,5-8,11-12,15-20,23-24,27-32,35-36,38,42-48,50-52,54-60,62-64,66-78H2,1-4H3,(H,91,92)(H,93,94)/b13-9-,14-10-,25-21-,26-22-,37-33-,40-39-,41-34-,53-49-,65-61-. The molecule has 17 nitrogen and oxygen atoms in total. The monoisotopic (exact) mass is 1500 g/mol. The van der Waals surface area contributed by atoms with E-state index in [1.54, 1.807) is 6.08 Å². The van der Waals surface area contributed by atoms with E-state index in [4.69, 9.17) is 37.0 Å². The third kappa shape index (κ3) is 75.9. The molecule has 0 heterocycles. The maximum atomic E-state index is 13.1. The van der Waals surface area contributed by atoms with E-state index in [0.29, 0.717) is 25.7 Å². The summed E-state index contributed by atoms with van der Waals surface area (Å²) in [5, 5.41) is 10.6. The minimum Gasteiger partial charge on any atom is -0.462 e. The Morgan fingerprint density at radius 1 is 0.288 bits per heavy atom. The number of carbonyl (C=O) groups is 4. The van der Waals surface area contributed by atoms with Gasteiger partial charge in [-0.25, -0.2) is 9.13 Å². The van der Waals surface area contributed by atoms with E-state index in [2.05, 4.69) is 113 Å². The summed E-state index contributed by atoms with van der Waals surface area (Å²) in [4.78, 5) is 73.0. The molecule has 0 amide bonds. The number of phosphoric ester groups is 2. The van der Waals surface area contributed by atoms with Crippen molar-refractivity contribution in [3.8, 4) is 0 Å². The first-order chi connectivity index (χ1) is 50.7. The Balaban J connectivity index is 5.40. The van der Waals surface area contributed by atoms with Crippen LogP contribution in [0.4, 0.5) is 0 Å². The molecule has 0 radical (unpaired) electrons. The van der Waals surface area contributed by atoms with Crippen molar-refractivity contribution in [2.45, 2.75) is 367 Å². The van der Waals surface area contributed by atoms with Gasteiger partial charge in [-0.05, 0) is 89.9 Å². The molecule has 5 atom stereocenters. The molecular weight excluding hydrogens is 1350 g/mol. The zero-order chi connectivity index (χ0) is 76.0. The molecule has 0 spiro atoms. The number of aliphatic hydroxyl groups is 1. The predicted molar refractivity (Wildman–Crippen MR) is 427 cm³/mol. The summed E-state index contributed by atoms with van der Waals surface area (Å²) in [5.41, 5.74) is 0. The van der Waals surface area contributed by atoms with Gasteiger partial charge >= 0.3 is 39.5 Å². The molecule has 3 N–H and O–H groups in total. The zero-order valence-electron chi connectivity index (χ0n) is 65.7. The third-order valence-electron chi connectivity index (χ3n) is 17.3. The summed E-state index contributed by atoms with van der Waals surface area (Å²) in [6.45, 7) is 4.58. The van der Waals surface area contributed by atoms with Gasteiger partial charge in [-0.15, -0.1) is 0 Å². The minimum atomic E-state index is -4.99. The van der Waals surface area contributed by atoms with Crippen molar-refractivity contribution in [3.05, 3.63) is 109 Å². The molecule has 600 valence electrons. The Morgan fingerprint density at radius 3 is 0.856 bits per heavy atom. The van der Waals surface area contributed by atoms with Crippen LogP contribution in [-0.2, 0) is 65.4 Å². The Labute approximate surface area is 632 Å². The maximum Gasteiger partial charge on any atom is 0.472 e. The predicted octanol–water partition coefficient (Wildman–Crippen LogP) is 24.1. The molecule has 0 rings (SSSR count). The SMILES string of the molecule is CC/C=C\C/C=C\C/C=C\C/C=C\C/C=C\CC(=O)OCC(COP(=O)(O)OCC(O)COP(=O)(O)OCC(COC(=O)CCCCCCCC/C=C\C/C=C\C/C=C\C/C=C\CC)OC(=O)CCCCCCCCCCCCCCCCC)OC(=O)CCCCCCCCCCCCCCCCC. The van der Waals surface area contributed by atoms with Gasteiger partial charge in [0.25, 0.3) is 0 Å². The van der Waals surface area contributed by atoms with Crippen LogP contribution in [0.3, 0.4) is 0 Å². The van der Waals surface area contributed by atoms with Crippen LogP contribution in [0.1, 0.15) is 349 Å².